The number of carbonyl (C=O) groups is 1. The van der Waals surface area contributed by atoms with E-state index in [-0.39, 0.29) is 16.8 Å². The Bertz CT molecular complexity index is 713. The summed E-state index contributed by atoms with van der Waals surface area (Å²) in [6, 6.07) is 6.48. The topological polar surface area (TPSA) is 43.1 Å². The number of hydrogen-bond acceptors (Lipinski definition) is 2. The quantitative estimate of drug-likeness (QED) is 0.488. The zero-order valence-electron chi connectivity index (χ0n) is 10.3. The monoisotopic (exact) mass is 361 g/mol. The summed E-state index contributed by atoms with van der Waals surface area (Å²) < 4.78 is 51.5. The van der Waals surface area contributed by atoms with Crippen LogP contribution < -0.4 is 5.73 Å². The smallest absolute Gasteiger partial charge is 0.398 e. The second-order valence-corrected chi connectivity index (χ2v) is 5.17. The summed E-state index contributed by atoms with van der Waals surface area (Å²) in [7, 11) is 0. The van der Waals surface area contributed by atoms with Gasteiger partial charge in [0.05, 0.1) is 5.56 Å². The van der Waals surface area contributed by atoms with Crippen LogP contribution in [0.25, 0.3) is 0 Å². The maximum Gasteiger partial charge on any atom is 0.419 e. The molecular formula is C14H8BrF4NO. The fourth-order valence-electron chi connectivity index (χ4n) is 1.78. The number of nitrogens with two attached hydrogens (primary N) is 1. The Morgan fingerprint density at radius 3 is 2.29 bits per heavy atom. The lowest BCUT2D eigenvalue weighted by Crippen LogP contribution is -2.11. The fourth-order valence-corrected chi connectivity index (χ4v) is 2.16. The minimum Gasteiger partial charge on any atom is -0.398 e. The van der Waals surface area contributed by atoms with Crippen molar-refractivity contribution in [3.05, 3.63) is 63.4 Å². The summed E-state index contributed by atoms with van der Waals surface area (Å²) in [6.07, 6.45) is -4.80. The Balaban J connectivity index is 2.43. The number of anilines is 1. The SMILES string of the molecule is Nc1cc(Br)ccc1C(=O)c1ccc(C(F)(F)F)c(F)c1. The molecule has 2 aromatic carbocycles. The molecule has 0 fully saturated rings. The van der Waals surface area contributed by atoms with Crippen LogP contribution in [0.5, 0.6) is 0 Å². The number of ketones is 1. The molecule has 2 N–H and O–H groups in total. The molecule has 0 radical (unpaired) electrons. The first-order chi connectivity index (χ1) is 9.70. The highest BCUT2D eigenvalue weighted by atomic mass is 79.9. The van der Waals surface area contributed by atoms with Gasteiger partial charge in [-0.1, -0.05) is 22.0 Å². The van der Waals surface area contributed by atoms with E-state index in [4.69, 9.17) is 5.73 Å². The normalized spacial score (nSPS) is 11.5. The minimum atomic E-state index is -4.80. The van der Waals surface area contributed by atoms with Gasteiger partial charge in [0.25, 0.3) is 0 Å². The standard InChI is InChI=1S/C14H8BrF4NO/c15-8-2-3-9(12(20)6-8)13(21)7-1-4-10(11(16)5-7)14(17,18)19/h1-6H,20H2. The third-order valence-electron chi connectivity index (χ3n) is 2.79. The van der Waals surface area contributed by atoms with E-state index in [1.807, 2.05) is 0 Å². The molecule has 0 heterocycles. The van der Waals surface area contributed by atoms with Gasteiger partial charge >= 0.3 is 6.18 Å². The first kappa shape index (κ1) is 15.5. The average Bonchev–Trinajstić information content (AvgIpc) is 2.36. The van der Waals surface area contributed by atoms with E-state index in [2.05, 4.69) is 15.9 Å². The zero-order valence-corrected chi connectivity index (χ0v) is 11.9. The number of carbonyl (C=O) groups excluding carboxylic acids is 1. The maximum absolute atomic E-state index is 13.5. The van der Waals surface area contributed by atoms with Crippen LogP contribution in [-0.2, 0) is 6.18 Å². The molecule has 0 atom stereocenters. The molecule has 0 spiro atoms. The maximum atomic E-state index is 13.5. The van der Waals surface area contributed by atoms with E-state index >= 15 is 0 Å². The molecule has 0 unspecified atom stereocenters. The first-order valence-electron chi connectivity index (χ1n) is 5.66. The second-order valence-electron chi connectivity index (χ2n) is 4.25. The molecule has 110 valence electrons. The van der Waals surface area contributed by atoms with Gasteiger partial charge in [0.15, 0.2) is 5.78 Å². The Morgan fingerprint density at radius 2 is 1.76 bits per heavy atom. The molecule has 0 aliphatic heterocycles. The molecule has 0 amide bonds. The van der Waals surface area contributed by atoms with E-state index in [0.29, 0.717) is 16.6 Å². The number of rotatable bonds is 2. The number of halogens is 5. The lowest BCUT2D eigenvalue weighted by molar-refractivity contribution is -0.140. The Hall–Kier alpha value is -1.89. The van der Waals surface area contributed by atoms with Crippen molar-refractivity contribution in [2.75, 3.05) is 5.73 Å². The second kappa shape index (κ2) is 5.48. The van der Waals surface area contributed by atoms with Crippen LogP contribution in [0.15, 0.2) is 40.9 Å². The average molecular weight is 362 g/mol. The van der Waals surface area contributed by atoms with Gasteiger partial charge in [-0.05, 0) is 30.3 Å². The van der Waals surface area contributed by atoms with E-state index in [1.165, 1.54) is 12.1 Å². The molecule has 21 heavy (non-hydrogen) atoms. The van der Waals surface area contributed by atoms with E-state index < -0.39 is 23.3 Å². The highest BCUT2D eigenvalue weighted by molar-refractivity contribution is 9.10. The van der Waals surface area contributed by atoms with Gasteiger partial charge in [-0.3, -0.25) is 4.79 Å². The summed E-state index contributed by atoms with van der Waals surface area (Å²) in [5.41, 5.74) is 4.30. The number of benzene rings is 2. The highest BCUT2D eigenvalue weighted by Gasteiger charge is 2.34. The van der Waals surface area contributed by atoms with E-state index in [9.17, 15) is 22.4 Å². The van der Waals surface area contributed by atoms with Gasteiger partial charge in [-0.15, -0.1) is 0 Å². The van der Waals surface area contributed by atoms with E-state index in [0.717, 1.165) is 6.07 Å². The van der Waals surface area contributed by atoms with Crippen molar-refractivity contribution < 1.29 is 22.4 Å². The summed E-state index contributed by atoms with van der Waals surface area (Å²) in [4.78, 5) is 12.1. The van der Waals surface area contributed by atoms with Crippen molar-refractivity contribution in [3.8, 4) is 0 Å². The van der Waals surface area contributed by atoms with Gasteiger partial charge in [0.1, 0.15) is 5.82 Å². The summed E-state index contributed by atoms with van der Waals surface area (Å²) in [5.74, 6) is -2.14. The highest BCUT2D eigenvalue weighted by Crippen LogP contribution is 2.32. The zero-order chi connectivity index (χ0) is 15.8. The predicted octanol–water partition coefficient (Wildman–Crippen LogP) is 4.42. The van der Waals surface area contributed by atoms with Crippen LogP contribution in [0.3, 0.4) is 0 Å². The summed E-state index contributed by atoms with van der Waals surface area (Å²) in [5, 5.41) is 0. The van der Waals surface area contributed by atoms with Crippen molar-refractivity contribution in [2.45, 2.75) is 6.18 Å². The van der Waals surface area contributed by atoms with Gasteiger partial charge in [0, 0.05) is 21.3 Å². The van der Waals surface area contributed by atoms with Crippen molar-refractivity contribution in [3.63, 3.8) is 0 Å². The fraction of sp³-hybridized carbons (Fsp3) is 0.0714. The van der Waals surface area contributed by atoms with Gasteiger partial charge in [-0.25, -0.2) is 4.39 Å². The number of hydrogen-bond donors (Lipinski definition) is 1. The van der Waals surface area contributed by atoms with Crippen LogP contribution in [0, 0.1) is 5.82 Å². The first-order valence-corrected chi connectivity index (χ1v) is 6.46. The van der Waals surface area contributed by atoms with E-state index in [1.54, 1.807) is 6.07 Å². The molecule has 2 nitrogen and oxygen atoms in total. The molecule has 7 heteroatoms. The molecule has 0 saturated carbocycles. The lowest BCUT2D eigenvalue weighted by Gasteiger charge is -2.10. The van der Waals surface area contributed by atoms with Crippen LogP contribution in [-0.4, -0.2) is 5.78 Å². The lowest BCUT2D eigenvalue weighted by atomic mass is 10.0. The number of alkyl halides is 3. The summed E-state index contributed by atoms with van der Waals surface area (Å²) in [6.45, 7) is 0. The van der Waals surface area contributed by atoms with Crippen molar-refractivity contribution in [1.82, 2.24) is 0 Å². The predicted molar refractivity (Wildman–Crippen MR) is 73.4 cm³/mol. The third kappa shape index (κ3) is 3.24. The van der Waals surface area contributed by atoms with Crippen LogP contribution in [0.2, 0.25) is 0 Å². The molecule has 2 aromatic rings. The van der Waals surface area contributed by atoms with Crippen LogP contribution >= 0.6 is 15.9 Å². The van der Waals surface area contributed by atoms with Gasteiger partial charge in [0.2, 0.25) is 0 Å². The van der Waals surface area contributed by atoms with Crippen molar-refractivity contribution in [1.29, 1.82) is 0 Å². The molecule has 0 aromatic heterocycles. The van der Waals surface area contributed by atoms with Crippen molar-refractivity contribution in [2.24, 2.45) is 0 Å². The molecular weight excluding hydrogens is 354 g/mol. The van der Waals surface area contributed by atoms with Gasteiger partial charge < -0.3 is 5.73 Å². The van der Waals surface area contributed by atoms with Gasteiger partial charge in [-0.2, -0.15) is 13.2 Å². The van der Waals surface area contributed by atoms with Crippen LogP contribution in [0.1, 0.15) is 21.5 Å². The number of nitrogen functional groups attached to an aromatic ring is 1. The minimum absolute atomic E-state index is 0.0948. The largest absolute Gasteiger partial charge is 0.419 e. The Kier molecular flexibility index (Phi) is 4.04. The summed E-state index contributed by atoms with van der Waals surface area (Å²) >= 11 is 3.17. The molecule has 2 rings (SSSR count). The molecule has 0 aliphatic carbocycles. The van der Waals surface area contributed by atoms with Crippen molar-refractivity contribution >= 4 is 27.4 Å². The molecule has 0 saturated heterocycles. The third-order valence-corrected chi connectivity index (χ3v) is 3.29. The molecule has 0 aliphatic rings. The molecule has 0 bridgehead atoms. The Morgan fingerprint density at radius 1 is 1.10 bits per heavy atom. The van der Waals surface area contributed by atoms with Crippen LogP contribution in [0.4, 0.5) is 23.2 Å². The Labute approximate surface area is 125 Å².